The first kappa shape index (κ1) is 14.3. The molecule has 1 aromatic carbocycles. The summed E-state index contributed by atoms with van der Waals surface area (Å²) in [6.07, 6.45) is 0.573. The SMILES string of the molecule is CC(F)(F)C(C)(C)C(=O)N1C[C@@H]2C[C@H]1c1ccccc1O2. The van der Waals surface area contributed by atoms with Gasteiger partial charge < -0.3 is 9.64 Å². The van der Waals surface area contributed by atoms with Crippen LogP contribution in [0.5, 0.6) is 5.75 Å². The van der Waals surface area contributed by atoms with Crippen LogP contribution in [0.1, 0.15) is 38.8 Å². The fraction of sp³-hybridized carbons (Fsp3) is 0.562. The van der Waals surface area contributed by atoms with Crippen LogP contribution in [0.25, 0.3) is 0 Å². The predicted octanol–water partition coefficient (Wildman–Crippen LogP) is 3.40. The number of alkyl halides is 2. The Bertz CT molecular complexity index is 580. The number of ether oxygens (including phenoxy) is 1. The largest absolute Gasteiger partial charge is 0.488 e. The summed E-state index contributed by atoms with van der Waals surface area (Å²) in [5.74, 6) is -2.82. The number of hydrogen-bond acceptors (Lipinski definition) is 2. The molecule has 5 heteroatoms. The number of amides is 1. The molecule has 0 radical (unpaired) electrons. The lowest BCUT2D eigenvalue weighted by Crippen LogP contribution is -2.49. The molecule has 0 aromatic heterocycles. The molecule has 2 aliphatic heterocycles. The first-order chi connectivity index (χ1) is 9.72. The number of fused-ring (bicyclic) bond motifs is 4. The summed E-state index contributed by atoms with van der Waals surface area (Å²) in [5.41, 5.74) is -0.811. The zero-order valence-corrected chi connectivity index (χ0v) is 12.4. The van der Waals surface area contributed by atoms with Gasteiger partial charge in [-0.15, -0.1) is 0 Å². The molecule has 2 aliphatic rings. The third-order valence-electron chi connectivity index (χ3n) is 4.73. The molecule has 0 saturated carbocycles. The van der Waals surface area contributed by atoms with Crippen LogP contribution in [0.3, 0.4) is 0 Å². The Balaban J connectivity index is 1.94. The molecule has 1 saturated heterocycles. The predicted molar refractivity (Wildman–Crippen MR) is 74.3 cm³/mol. The van der Waals surface area contributed by atoms with Crippen molar-refractivity contribution in [3.8, 4) is 5.75 Å². The fourth-order valence-corrected chi connectivity index (χ4v) is 2.99. The third-order valence-corrected chi connectivity index (χ3v) is 4.73. The average molecular weight is 295 g/mol. The molecule has 21 heavy (non-hydrogen) atoms. The summed E-state index contributed by atoms with van der Waals surface area (Å²) >= 11 is 0. The van der Waals surface area contributed by atoms with Crippen molar-refractivity contribution in [3.05, 3.63) is 29.8 Å². The Kier molecular flexibility index (Phi) is 3.01. The van der Waals surface area contributed by atoms with Crippen molar-refractivity contribution in [1.29, 1.82) is 0 Å². The molecule has 1 amide bonds. The van der Waals surface area contributed by atoms with Crippen LogP contribution in [-0.2, 0) is 4.79 Å². The highest BCUT2D eigenvalue weighted by Gasteiger charge is 2.53. The standard InChI is InChI=1S/C16H19F2NO2/c1-15(2,16(3,17)18)14(20)19-9-10-8-12(19)11-6-4-5-7-13(11)21-10/h4-7,10,12H,8-9H2,1-3H3/t10-,12-/m0/s1. The van der Waals surface area contributed by atoms with Gasteiger partial charge in [-0.05, 0) is 19.9 Å². The Morgan fingerprint density at radius 3 is 2.62 bits per heavy atom. The minimum atomic E-state index is -3.07. The molecule has 0 spiro atoms. The molecule has 3 rings (SSSR count). The van der Waals surface area contributed by atoms with Gasteiger partial charge in [0.25, 0.3) is 5.92 Å². The van der Waals surface area contributed by atoms with Gasteiger partial charge in [0.1, 0.15) is 17.3 Å². The van der Waals surface area contributed by atoms with Crippen molar-refractivity contribution < 1.29 is 18.3 Å². The lowest BCUT2D eigenvalue weighted by atomic mass is 9.84. The summed E-state index contributed by atoms with van der Waals surface area (Å²) < 4.78 is 33.3. The molecule has 2 heterocycles. The number of hydrogen-bond donors (Lipinski definition) is 0. The fourth-order valence-electron chi connectivity index (χ4n) is 2.99. The van der Waals surface area contributed by atoms with Gasteiger partial charge in [0.05, 0.1) is 12.6 Å². The van der Waals surface area contributed by atoms with E-state index in [2.05, 4.69) is 0 Å². The zero-order valence-electron chi connectivity index (χ0n) is 12.4. The highest BCUT2D eigenvalue weighted by atomic mass is 19.3. The van der Waals surface area contributed by atoms with Crippen molar-refractivity contribution in [1.82, 2.24) is 4.90 Å². The van der Waals surface area contributed by atoms with Crippen LogP contribution in [0.15, 0.2) is 24.3 Å². The van der Waals surface area contributed by atoms with E-state index in [1.54, 1.807) is 4.90 Å². The second-order valence-electron chi connectivity index (χ2n) is 6.50. The maximum Gasteiger partial charge on any atom is 0.259 e. The van der Waals surface area contributed by atoms with Gasteiger partial charge in [-0.25, -0.2) is 8.78 Å². The van der Waals surface area contributed by atoms with E-state index in [4.69, 9.17) is 4.74 Å². The molecule has 1 aromatic rings. The topological polar surface area (TPSA) is 29.5 Å². The summed E-state index contributed by atoms with van der Waals surface area (Å²) in [4.78, 5) is 14.2. The van der Waals surface area contributed by atoms with Gasteiger partial charge >= 0.3 is 0 Å². The van der Waals surface area contributed by atoms with Crippen molar-refractivity contribution >= 4 is 5.91 Å². The van der Waals surface area contributed by atoms with Gasteiger partial charge in [-0.1, -0.05) is 18.2 Å². The molecule has 1 fully saturated rings. The number of benzene rings is 1. The van der Waals surface area contributed by atoms with Crippen molar-refractivity contribution in [2.24, 2.45) is 5.41 Å². The van der Waals surface area contributed by atoms with E-state index in [1.807, 2.05) is 24.3 Å². The minimum Gasteiger partial charge on any atom is -0.488 e. The van der Waals surface area contributed by atoms with Crippen molar-refractivity contribution in [2.75, 3.05) is 6.54 Å². The van der Waals surface area contributed by atoms with Gasteiger partial charge in [-0.3, -0.25) is 4.79 Å². The van der Waals surface area contributed by atoms with Crippen LogP contribution in [-0.4, -0.2) is 29.4 Å². The highest BCUT2D eigenvalue weighted by molar-refractivity contribution is 5.84. The number of halogens is 2. The Labute approximate surface area is 122 Å². The van der Waals surface area contributed by atoms with E-state index in [0.717, 1.165) is 18.2 Å². The van der Waals surface area contributed by atoms with E-state index in [9.17, 15) is 13.6 Å². The normalized spacial score (nSPS) is 24.5. The van der Waals surface area contributed by atoms with Gasteiger partial charge in [0, 0.05) is 18.9 Å². The molecule has 0 aliphatic carbocycles. The van der Waals surface area contributed by atoms with Crippen LogP contribution >= 0.6 is 0 Å². The van der Waals surface area contributed by atoms with E-state index in [0.29, 0.717) is 13.0 Å². The van der Waals surface area contributed by atoms with Gasteiger partial charge in [0.2, 0.25) is 5.91 Å². The number of nitrogens with zero attached hydrogens (tertiary/aromatic N) is 1. The monoisotopic (exact) mass is 295 g/mol. The van der Waals surface area contributed by atoms with Crippen LogP contribution in [0.2, 0.25) is 0 Å². The maximum absolute atomic E-state index is 13.8. The van der Waals surface area contributed by atoms with E-state index < -0.39 is 17.2 Å². The molecule has 114 valence electrons. The zero-order chi connectivity index (χ0) is 15.4. The van der Waals surface area contributed by atoms with Gasteiger partial charge in [0.15, 0.2) is 0 Å². The average Bonchev–Trinajstić information content (AvgIpc) is 2.75. The summed E-state index contributed by atoms with van der Waals surface area (Å²) in [6.45, 7) is 3.80. The van der Waals surface area contributed by atoms with Crippen molar-refractivity contribution in [2.45, 2.75) is 45.3 Å². The second-order valence-corrected chi connectivity index (χ2v) is 6.50. The number of carbonyl (C=O) groups excluding carboxylic acids is 1. The number of para-hydroxylation sites is 1. The minimum absolute atomic E-state index is 0.102. The highest BCUT2D eigenvalue weighted by Crippen LogP contribution is 2.47. The summed E-state index contributed by atoms with van der Waals surface area (Å²) in [5, 5.41) is 0. The van der Waals surface area contributed by atoms with Gasteiger partial charge in [-0.2, -0.15) is 0 Å². The van der Waals surface area contributed by atoms with Crippen LogP contribution in [0.4, 0.5) is 8.78 Å². The number of carbonyl (C=O) groups is 1. The van der Waals surface area contributed by atoms with E-state index in [1.165, 1.54) is 13.8 Å². The molecule has 2 atom stereocenters. The second kappa shape index (κ2) is 4.42. The summed E-state index contributed by atoms with van der Waals surface area (Å²) in [7, 11) is 0. The maximum atomic E-state index is 13.8. The molecular formula is C16H19F2NO2. The lowest BCUT2D eigenvalue weighted by Gasteiger charge is -2.36. The first-order valence-corrected chi connectivity index (χ1v) is 7.16. The third kappa shape index (κ3) is 2.10. The molecule has 3 nitrogen and oxygen atoms in total. The first-order valence-electron chi connectivity index (χ1n) is 7.16. The van der Waals surface area contributed by atoms with Crippen LogP contribution < -0.4 is 4.74 Å². The van der Waals surface area contributed by atoms with E-state index >= 15 is 0 Å². The Morgan fingerprint density at radius 1 is 1.29 bits per heavy atom. The Hall–Kier alpha value is -1.65. The molecule has 2 bridgehead atoms. The smallest absolute Gasteiger partial charge is 0.259 e. The Morgan fingerprint density at radius 2 is 1.95 bits per heavy atom. The van der Waals surface area contributed by atoms with Crippen molar-refractivity contribution in [3.63, 3.8) is 0 Å². The van der Waals surface area contributed by atoms with E-state index in [-0.39, 0.29) is 12.1 Å². The number of likely N-dealkylation sites (tertiary alicyclic amines) is 1. The summed E-state index contributed by atoms with van der Waals surface area (Å²) in [6, 6.07) is 7.36. The molecular weight excluding hydrogens is 276 g/mol. The number of rotatable bonds is 2. The molecule has 0 unspecified atom stereocenters. The van der Waals surface area contributed by atoms with Crippen LogP contribution in [0, 0.1) is 5.41 Å². The lowest BCUT2D eigenvalue weighted by molar-refractivity contribution is -0.163. The quantitative estimate of drug-likeness (QED) is 0.837. The molecule has 0 N–H and O–H groups in total.